The summed E-state index contributed by atoms with van der Waals surface area (Å²) in [4.78, 5) is 12.5. The molecule has 1 aliphatic heterocycles. The van der Waals surface area contributed by atoms with Crippen LogP contribution in [0, 0.1) is 6.92 Å². The van der Waals surface area contributed by atoms with E-state index in [9.17, 15) is 4.79 Å². The molecule has 0 radical (unpaired) electrons. The number of ether oxygens (including phenoxy) is 1. The number of nitrogens with one attached hydrogen (secondary N) is 2. The highest BCUT2D eigenvalue weighted by atomic mass is 16.5. The molecule has 1 amide bonds. The van der Waals surface area contributed by atoms with Gasteiger partial charge in [-0.25, -0.2) is 4.68 Å². The van der Waals surface area contributed by atoms with Crippen LogP contribution in [0.4, 0.5) is 0 Å². The van der Waals surface area contributed by atoms with E-state index >= 15 is 0 Å². The van der Waals surface area contributed by atoms with Crippen molar-refractivity contribution in [2.45, 2.75) is 31.9 Å². The van der Waals surface area contributed by atoms with Crippen LogP contribution >= 0.6 is 0 Å². The van der Waals surface area contributed by atoms with E-state index in [0.29, 0.717) is 18.3 Å². The Hall–Kier alpha value is -2.25. The molecule has 1 fully saturated rings. The molecule has 1 aromatic carbocycles. The first kappa shape index (κ1) is 17.6. The molecule has 2 aromatic rings. The van der Waals surface area contributed by atoms with Crippen LogP contribution in [-0.2, 0) is 4.74 Å². The standard InChI is InChI=1S/C18H25N5O2/c1-13-17(21-22-23(13)15-8-10-19-11-9-15)18(24)20-12-16(25-2)14-6-4-3-5-7-14/h3-7,15-16,19H,8-12H2,1-2H3,(H,20,24). The Morgan fingerprint density at radius 1 is 1.36 bits per heavy atom. The highest BCUT2D eigenvalue weighted by molar-refractivity contribution is 5.93. The van der Waals surface area contributed by atoms with E-state index in [-0.39, 0.29) is 12.0 Å². The fourth-order valence-corrected chi connectivity index (χ4v) is 3.22. The van der Waals surface area contributed by atoms with Crippen LogP contribution in [0.1, 0.15) is 46.7 Å². The molecule has 2 heterocycles. The van der Waals surface area contributed by atoms with Crippen LogP contribution in [0.2, 0.25) is 0 Å². The third-order valence-corrected chi connectivity index (χ3v) is 4.70. The molecule has 7 heteroatoms. The van der Waals surface area contributed by atoms with Crippen molar-refractivity contribution in [1.29, 1.82) is 0 Å². The van der Waals surface area contributed by atoms with E-state index < -0.39 is 0 Å². The number of carbonyl (C=O) groups is 1. The number of amides is 1. The van der Waals surface area contributed by atoms with E-state index in [2.05, 4.69) is 20.9 Å². The second kappa shape index (κ2) is 8.22. The van der Waals surface area contributed by atoms with Crippen LogP contribution in [0.5, 0.6) is 0 Å². The molecule has 1 saturated heterocycles. The van der Waals surface area contributed by atoms with E-state index in [1.807, 2.05) is 41.9 Å². The maximum absolute atomic E-state index is 12.5. The highest BCUT2D eigenvalue weighted by Crippen LogP contribution is 2.20. The first-order valence-corrected chi connectivity index (χ1v) is 8.69. The summed E-state index contributed by atoms with van der Waals surface area (Å²) in [6, 6.07) is 10.1. The van der Waals surface area contributed by atoms with Gasteiger partial charge in [0.05, 0.1) is 17.8 Å². The molecule has 134 valence electrons. The average molecular weight is 343 g/mol. The monoisotopic (exact) mass is 343 g/mol. The molecule has 3 rings (SSSR count). The largest absolute Gasteiger partial charge is 0.375 e. The van der Waals surface area contributed by atoms with Gasteiger partial charge in [0, 0.05) is 13.7 Å². The van der Waals surface area contributed by atoms with Crippen molar-refractivity contribution in [3.05, 3.63) is 47.3 Å². The van der Waals surface area contributed by atoms with Gasteiger partial charge >= 0.3 is 0 Å². The van der Waals surface area contributed by atoms with Crippen LogP contribution in [-0.4, -0.2) is 47.6 Å². The number of nitrogens with zero attached hydrogens (tertiary/aromatic N) is 3. The molecule has 1 unspecified atom stereocenters. The number of rotatable bonds is 6. The Morgan fingerprint density at radius 3 is 2.76 bits per heavy atom. The van der Waals surface area contributed by atoms with Gasteiger partial charge in [-0.05, 0) is 38.4 Å². The number of piperidine rings is 1. The van der Waals surface area contributed by atoms with Gasteiger partial charge in [-0.3, -0.25) is 4.79 Å². The Bertz CT molecular complexity index is 695. The minimum absolute atomic E-state index is 0.190. The van der Waals surface area contributed by atoms with Crippen molar-refractivity contribution in [1.82, 2.24) is 25.6 Å². The van der Waals surface area contributed by atoms with E-state index in [4.69, 9.17) is 4.74 Å². The van der Waals surface area contributed by atoms with Crippen LogP contribution in [0.15, 0.2) is 30.3 Å². The Morgan fingerprint density at radius 2 is 2.08 bits per heavy atom. The molecule has 0 bridgehead atoms. The van der Waals surface area contributed by atoms with Gasteiger partial charge in [0.1, 0.15) is 0 Å². The Kier molecular flexibility index (Phi) is 5.78. The van der Waals surface area contributed by atoms with Gasteiger partial charge in [-0.1, -0.05) is 35.5 Å². The molecule has 2 N–H and O–H groups in total. The van der Waals surface area contributed by atoms with Gasteiger partial charge in [0.25, 0.3) is 5.91 Å². The lowest BCUT2D eigenvalue weighted by Crippen LogP contribution is -2.31. The molecule has 0 spiro atoms. The van der Waals surface area contributed by atoms with Gasteiger partial charge in [0.2, 0.25) is 0 Å². The first-order valence-electron chi connectivity index (χ1n) is 8.69. The zero-order valence-electron chi connectivity index (χ0n) is 14.7. The van der Waals surface area contributed by atoms with Gasteiger partial charge in [-0.2, -0.15) is 0 Å². The number of methoxy groups -OCH3 is 1. The second-order valence-corrected chi connectivity index (χ2v) is 6.29. The summed E-state index contributed by atoms with van der Waals surface area (Å²) in [5.41, 5.74) is 2.24. The summed E-state index contributed by atoms with van der Waals surface area (Å²) in [6.07, 6.45) is 1.82. The van der Waals surface area contributed by atoms with Crippen molar-refractivity contribution in [2.75, 3.05) is 26.7 Å². The molecule has 1 aliphatic rings. The summed E-state index contributed by atoms with van der Waals surface area (Å²) in [5.74, 6) is -0.212. The molecule has 1 atom stereocenters. The molecular formula is C18H25N5O2. The predicted octanol–water partition coefficient (Wildman–Crippen LogP) is 1.63. The maximum atomic E-state index is 12.5. The van der Waals surface area contributed by atoms with Crippen LogP contribution < -0.4 is 10.6 Å². The summed E-state index contributed by atoms with van der Waals surface area (Å²) in [5, 5.41) is 14.6. The minimum Gasteiger partial charge on any atom is -0.375 e. The van der Waals surface area contributed by atoms with Crippen molar-refractivity contribution in [2.24, 2.45) is 0 Å². The highest BCUT2D eigenvalue weighted by Gasteiger charge is 2.23. The second-order valence-electron chi connectivity index (χ2n) is 6.29. The van der Waals surface area contributed by atoms with Gasteiger partial charge in [0.15, 0.2) is 5.69 Å². The van der Waals surface area contributed by atoms with Crippen molar-refractivity contribution in [3.63, 3.8) is 0 Å². The minimum atomic E-state index is -0.212. The normalized spacial score (nSPS) is 16.6. The van der Waals surface area contributed by atoms with E-state index in [1.54, 1.807) is 7.11 Å². The number of hydrogen-bond donors (Lipinski definition) is 2. The Labute approximate surface area is 147 Å². The molecule has 25 heavy (non-hydrogen) atoms. The number of benzene rings is 1. The van der Waals surface area contributed by atoms with E-state index in [0.717, 1.165) is 37.2 Å². The summed E-state index contributed by atoms with van der Waals surface area (Å²) in [6.45, 7) is 4.23. The lowest BCUT2D eigenvalue weighted by atomic mass is 10.1. The smallest absolute Gasteiger partial charge is 0.273 e. The van der Waals surface area contributed by atoms with Crippen LogP contribution in [0.25, 0.3) is 0 Å². The lowest BCUT2D eigenvalue weighted by molar-refractivity contribution is 0.0823. The molecule has 0 aliphatic carbocycles. The molecule has 0 saturated carbocycles. The SMILES string of the molecule is COC(CNC(=O)c1nnn(C2CCNCC2)c1C)c1ccccc1. The summed E-state index contributed by atoms with van der Waals surface area (Å²) < 4.78 is 7.38. The van der Waals surface area contributed by atoms with Crippen LogP contribution in [0.3, 0.4) is 0 Å². The molecule has 1 aromatic heterocycles. The fourth-order valence-electron chi connectivity index (χ4n) is 3.22. The van der Waals surface area contributed by atoms with E-state index in [1.165, 1.54) is 0 Å². The molecule has 7 nitrogen and oxygen atoms in total. The third-order valence-electron chi connectivity index (χ3n) is 4.70. The van der Waals surface area contributed by atoms with Crippen molar-refractivity contribution < 1.29 is 9.53 Å². The fraction of sp³-hybridized carbons (Fsp3) is 0.500. The predicted molar refractivity (Wildman–Crippen MR) is 94.4 cm³/mol. The summed E-state index contributed by atoms with van der Waals surface area (Å²) >= 11 is 0. The van der Waals surface area contributed by atoms with Gasteiger partial charge in [-0.15, -0.1) is 5.10 Å². The topological polar surface area (TPSA) is 81.1 Å². The quantitative estimate of drug-likeness (QED) is 0.833. The number of hydrogen-bond acceptors (Lipinski definition) is 5. The zero-order chi connectivity index (χ0) is 17.6. The average Bonchev–Trinajstić information content (AvgIpc) is 3.05. The first-order chi connectivity index (χ1) is 12.2. The zero-order valence-corrected chi connectivity index (χ0v) is 14.7. The lowest BCUT2D eigenvalue weighted by Gasteiger charge is -2.23. The number of carbonyl (C=O) groups excluding carboxylic acids is 1. The number of aromatic nitrogens is 3. The molecular weight excluding hydrogens is 318 g/mol. The Balaban J connectivity index is 1.64. The van der Waals surface area contributed by atoms with Crippen molar-refractivity contribution in [3.8, 4) is 0 Å². The third kappa shape index (κ3) is 4.05. The maximum Gasteiger partial charge on any atom is 0.273 e. The van der Waals surface area contributed by atoms with Gasteiger partial charge < -0.3 is 15.4 Å². The van der Waals surface area contributed by atoms with Crippen molar-refractivity contribution >= 4 is 5.91 Å². The summed E-state index contributed by atoms with van der Waals surface area (Å²) in [7, 11) is 1.64.